The molecule has 1 aromatic heterocycles. The van der Waals surface area contributed by atoms with E-state index in [9.17, 15) is 14.7 Å². The summed E-state index contributed by atoms with van der Waals surface area (Å²) in [5, 5.41) is 9.33. The lowest BCUT2D eigenvalue weighted by Gasteiger charge is -2.23. The number of hydrogen-bond acceptors (Lipinski definition) is 4. The number of likely N-dealkylation sites (tertiary alicyclic amines) is 1. The van der Waals surface area contributed by atoms with E-state index in [1.807, 2.05) is 0 Å². The summed E-state index contributed by atoms with van der Waals surface area (Å²) in [5.74, 6) is -1.16. The molecule has 0 saturated carbocycles. The zero-order valence-electron chi connectivity index (χ0n) is 10.4. The van der Waals surface area contributed by atoms with Crippen LogP contribution in [0.5, 0.6) is 0 Å². The molecule has 2 rings (SSSR count). The van der Waals surface area contributed by atoms with Crippen LogP contribution in [0, 0.1) is 5.41 Å². The van der Waals surface area contributed by atoms with Crippen LogP contribution in [0.15, 0.2) is 21.4 Å². The van der Waals surface area contributed by atoms with Gasteiger partial charge in [0.25, 0.3) is 5.91 Å². The molecule has 1 fully saturated rings. The molecule has 2 heterocycles. The first kappa shape index (κ1) is 14.1. The Balaban J connectivity index is 2.13. The molecule has 1 atom stereocenters. The first-order valence-electron chi connectivity index (χ1n) is 5.74. The molecule has 7 heteroatoms. The Morgan fingerprint density at radius 3 is 2.89 bits per heavy atom. The van der Waals surface area contributed by atoms with Gasteiger partial charge < -0.3 is 19.2 Å². The summed E-state index contributed by atoms with van der Waals surface area (Å²) in [6.07, 6.45) is 1.74. The van der Waals surface area contributed by atoms with Crippen LogP contribution >= 0.6 is 15.9 Å². The van der Waals surface area contributed by atoms with Gasteiger partial charge in [0.1, 0.15) is 11.7 Å². The molecular formula is C12H14BrNO5. The number of halogens is 1. The molecule has 0 bridgehead atoms. The van der Waals surface area contributed by atoms with Crippen LogP contribution in [0.1, 0.15) is 16.8 Å². The average Bonchev–Trinajstić information content (AvgIpc) is 2.96. The normalized spacial score (nSPS) is 22.7. The van der Waals surface area contributed by atoms with Crippen LogP contribution in [-0.4, -0.2) is 48.7 Å². The zero-order chi connectivity index (χ0) is 14.0. The predicted octanol–water partition coefficient (Wildman–Crippen LogP) is 1.61. The Morgan fingerprint density at radius 2 is 2.37 bits per heavy atom. The zero-order valence-corrected chi connectivity index (χ0v) is 12.0. The predicted molar refractivity (Wildman–Crippen MR) is 68.9 cm³/mol. The second kappa shape index (κ2) is 5.34. The maximum Gasteiger partial charge on any atom is 0.313 e. The highest BCUT2D eigenvalue weighted by Crippen LogP contribution is 2.32. The molecule has 1 amide bonds. The number of furan rings is 1. The van der Waals surface area contributed by atoms with Gasteiger partial charge >= 0.3 is 5.97 Å². The smallest absolute Gasteiger partial charge is 0.313 e. The van der Waals surface area contributed by atoms with Crippen LogP contribution < -0.4 is 0 Å². The molecule has 0 aliphatic carbocycles. The van der Waals surface area contributed by atoms with Gasteiger partial charge in [0.15, 0.2) is 4.67 Å². The molecule has 6 nitrogen and oxygen atoms in total. The Hall–Kier alpha value is -1.34. The summed E-state index contributed by atoms with van der Waals surface area (Å²) in [4.78, 5) is 25.1. The summed E-state index contributed by atoms with van der Waals surface area (Å²) in [5.41, 5.74) is -0.601. The third kappa shape index (κ3) is 2.66. The molecule has 1 saturated heterocycles. The van der Waals surface area contributed by atoms with Crippen LogP contribution in [-0.2, 0) is 9.53 Å². The molecule has 0 radical (unpaired) electrons. The molecule has 0 spiro atoms. The quantitative estimate of drug-likeness (QED) is 0.906. The summed E-state index contributed by atoms with van der Waals surface area (Å²) in [6, 6.07) is 1.57. The van der Waals surface area contributed by atoms with Crippen LogP contribution in [0.2, 0.25) is 0 Å². The van der Waals surface area contributed by atoms with Crippen molar-refractivity contribution in [3.63, 3.8) is 0 Å². The monoisotopic (exact) mass is 331 g/mol. The number of nitrogens with zero attached hydrogens (tertiary/aromatic N) is 1. The Bertz CT molecular complexity index is 500. The number of carboxylic acid groups (broad SMARTS) is 1. The number of methoxy groups -OCH3 is 1. The fourth-order valence-electron chi connectivity index (χ4n) is 2.28. The fourth-order valence-corrected chi connectivity index (χ4v) is 2.62. The molecule has 1 aliphatic heterocycles. The SMILES string of the molecule is COCC1(C(=O)O)CCN(C(=O)c2coc(Br)c2)C1. The second-order valence-corrected chi connectivity index (χ2v) is 5.42. The third-order valence-electron chi connectivity index (χ3n) is 3.33. The van der Waals surface area contributed by atoms with Crippen molar-refractivity contribution in [1.82, 2.24) is 4.90 Å². The van der Waals surface area contributed by atoms with Crippen LogP contribution in [0.4, 0.5) is 0 Å². The van der Waals surface area contributed by atoms with E-state index >= 15 is 0 Å². The lowest BCUT2D eigenvalue weighted by Crippen LogP contribution is -2.40. The van der Waals surface area contributed by atoms with Crippen molar-refractivity contribution in [3.8, 4) is 0 Å². The highest BCUT2D eigenvalue weighted by molar-refractivity contribution is 9.10. The molecule has 1 unspecified atom stereocenters. The third-order valence-corrected chi connectivity index (χ3v) is 3.75. The number of carboxylic acids is 1. The fraction of sp³-hybridized carbons (Fsp3) is 0.500. The topological polar surface area (TPSA) is 80.0 Å². The molecule has 1 N–H and O–H groups in total. The van der Waals surface area contributed by atoms with Crippen molar-refractivity contribution >= 4 is 27.8 Å². The van der Waals surface area contributed by atoms with Gasteiger partial charge in [-0.1, -0.05) is 0 Å². The first-order valence-corrected chi connectivity index (χ1v) is 6.53. The van der Waals surface area contributed by atoms with Gasteiger partial charge in [0.2, 0.25) is 0 Å². The number of carbonyl (C=O) groups excluding carboxylic acids is 1. The number of aliphatic carboxylic acids is 1. The largest absolute Gasteiger partial charge is 0.481 e. The van der Waals surface area contributed by atoms with Gasteiger partial charge in [0, 0.05) is 26.3 Å². The molecule has 1 aromatic rings. The lowest BCUT2D eigenvalue weighted by atomic mass is 9.88. The van der Waals surface area contributed by atoms with Gasteiger partial charge in [-0.25, -0.2) is 0 Å². The van der Waals surface area contributed by atoms with E-state index in [0.29, 0.717) is 23.2 Å². The number of hydrogen-bond donors (Lipinski definition) is 1. The first-order chi connectivity index (χ1) is 8.98. The molecule has 104 valence electrons. The Kier molecular flexibility index (Phi) is 3.96. The number of rotatable bonds is 4. The van der Waals surface area contributed by atoms with E-state index in [1.165, 1.54) is 18.3 Å². The van der Waals surface area contributed by atoms with Gasteiger partial charge in [-0.15, -0.1) is 0 Å². The Morgan fingerprint density at radius 1 is 1.63 bits per heavy atom. The van der Waals surface area contributed by atoms with E-state index in [0.717, 1.165) is 0 Å². The van der Waals surface area contributed by atoms with Gasteiger partial charge in [-0.3, -0.25) is 9.59 Å². The minimum Gasteiger partial charge on any atom is -0.481 e. The number of carbonyl (C=O) groups is 2. The van der Waals surface area contributed by atoms with Crippen molar-refractivity contribution < 1.29 is 23.8 Å². The summed E-state index contributed by atoms with van der Waals surface area (Å²) in [6.45, 7) is 0.649. The summed E-state index contributed by atoms with van der Waals surface area (Å²) < 4.78 is 10.5. The van der Waals surface area contributed by atoms with Crippen molar-refractivity contribution in [3.05, 3.63) is 22.6 Å². The summed E-state index contributed by atoms with van der Waals surface area (Å²) in [7, 11) is 1.46. The molecule has 0 aromatic carbocycles. The van der Waals surface area contributed by atoms with E-state index in [2.05, 4.69) is 15.9 Å². The molecule has 19 heavy (non-hydrogen) atoms. The van der Waals surface area contributed by atoms with E-state index < -0.39 is 11.4 Å². The van der Waals surface area contributed by atoms with Crippen molar-refractivity contribution in [2.45, 2.75) is 6.42 Å². The minimum atomic E-state index is -1.01. The van der Waals surface area contributed by atoms with Gasteiger partial charge in [-0.2, -0.15) is 0 Å². The highest BCUT2D eigenvalue weighted by atomic mass is 79.9. The minimum absolute atomic E-state index is 0.0984. The van der Waals surface area contributed by atoms with E-state index in [1.54, 1.807) is 6.07 Å². The Labute approximate surface area is 118 Å². The maximum absolute atomic E-state index is 12.2. The average molecular weight is 332 g/mol. The molecule has 1 aliphatic rings. The van der Waals surface area contributed by atoms with Crippen molar-refractivity contribution in [1.29, 1.82) is 0 Å². The molecular weight excluding hydrogens is 318 g/mol. The van der Waals surface area contributed by atoms with Gasteiger partial charge in [0.05, 0.1) is 12.2 Å². The van der Waals surface area contributed by atoms with Gasteiger partial charge in [-0.05, 0) is 22.4 Å². The number of ether oxygens (including phenoxy) is 1. The lowest BCUT2D eigenvalue weighted by molar-refractivity contribution is -0.151. The van der Waals surface area contributed by atoms with Crippen molar-refractivity contribution in [2.24, 2.45) is 5.41 Å². The number of amides is 1. The summed E-state index contributed by atoms with van der Waals surface area (Å²) >= 11 is 3.13. The van der Waals surface area contributed by atoms with Crippen LogP contribution in [0.3, 0.4) is 0 Å². The van der Waals surface area contributed by atoms with E-state index in [-0.39, 0.29) is 19.1 Å². The van der Waals surface area contributed by atoms with Crippen LogP contribution in [0.25, 0.3) is 0 Å². The van der Waals surface area contributed by atoms with Crippen molar-refractivity contribution in [2.75, 3.05) is 26.8 Å². The van der Waals surface area contributed by atoms with E-state index in [4.69, 9.17) is 9.15 Å². The standard InChI is InChI=1S/C12H14BrNO5/c1-18-7-12(11(16)17)2-3-14(6-12)10(15)8-4-9(13)19-5-8/h4-5H,2-3,6-7H2,1H3,(H,16,17). The second-order valence-electron chi connectivity index (χ2n) is 4.63. The highest BCUT2D eigenvalue weighted by Gasteiger charge is 2.46. The maximum atomic E-state index is 12.2.